The number of carbonyl (C=O) groups excluding carboxylic acids is 1. The first-order valence-corrected chi connectivity index (χ1v) is 12.0. The predicted octanol–water partition coefficient (Wildman–Crippen LogP) is 4.36. The lowest BCUT2D eigenvalue weighted by atomic mass is 10.1. The zero-order valence-electron chi connectivity index (χ0n) is 18.9. The van der Waals surface area contributed by atoms with Crippen LogP contribution in [-0.2, 0) is 11.3 Å². The first kappa shape index (κ1) is 22.3. The van der Waals surface area contributed by atoms with Gasteiger partial charge in [-0.3, -0.25) is 9.69 Å². The van der Waals surface area contributed by atoms with Crippen molar-refractivity contribution >= 4 is 34.1 Å². The summed E-state index contributed by atoms with van der Waals surface area (Å²) < 4.78 is 0. The summed E-state index contributed by atoms with van der Waals surface area (Å²) in [5.74, 6) is 0.774. The molecule has 0 saturated carbocycles. The summed E-state index contributed by atoms with van der Waals surface area (Å²) in [6, 6.07) is 18.0. The molecule has 2 aromatic heterocycles. The number of aromatic amines is 2. The standard InChI is InChI=1S/C26H28N6OS/c27-12-6-7-13-31-24(33)14-23(25-29-16-22(30-25)18-8-2-1-3-9-18)32(26(31)34)17-19-15-28-21-11-5-4-10-20(19)21/h1-5,8-11,15-16,23,28H,6-7,12-14,17,27H2,(H,29,30). The highest BCUT2D eigenvalue weighted by Gasteiger charge is 2.38. The number of rotatable bonds is 8. The maximum atomic E-state index is 13.2. The maximum Gasteiger partial charge on any atom is 0.231 e. The summed E-state index contributed by atoms with van der Waals surface area (Å²) in [5.41, 5.74) is 9.86. The molecule has 5 rings (SSSR count). The Bertz CT molecular complexity index is 1300. The van der Waals surface area contributed by atoms with E-state index >= 15 is 0 Å². The molecular formula is C26H28N6OS. The van der Waals surface area contributed by atoms with Crippen LogP contribution >= 0.6 is 12.2 Å². The number of nitrogens with one attached hydrogen (secondary N) is 2. The number of benzene rings is 2. The Morgan fingerprint density at radius 2 is 1.88 bits per heavy atom. The minimum absolute atomic E-state index is 0.0276. The first-order chi connectivity index (χ1) is 16.7. The van der Waals surface area contributed by atoms with Crippen molar-refractivity contribution in [3.05, 3.63) is 78.4 Å². The van der Waals surface area contributed by atoms with E-state index in [1.807, 2.05) is 54.9 Å². The van der Waals surface area contributed by atoms with Crippen molar-refractivity contribution in [2.45, 2.75) is 31.8 Å². The fourth-order valence-electron chi connectivity index (χ4n) is 4.55. The third kappa shape index (κ3) is 4.34. The summed E-state index contributed by atoms with van der Waals surface area (Å²) >= 11 is 5.90. The molecule has 0 aliphatic carbocycles. The van der Waals surface area contributed by atoms with Gasteiger partial charge in [0.05, 0.1) is 24.4 Å². The lowest BCUT2D eigenvalue weighted by Crippen LogP contribution is -2.53. The number of amides is 1. The van der Waals surface area contributed by atoms with Crippen LogP contribution in [0.15, 0.2) is 67.0 Å². The maximum absolute atomic E-state index is 13.2. The average molecular weight is 473 g/mol. The molecule has 1 saturated heterocycles. The number of hydrogen-bond acceptors (Lipinski definition) is 4. The largest absolute Gasteiger partial charge is 0.361 e. The van der Waals surface area contributed by atoms with Gasteiger partial charge < -0.3 is 20.6 Å². The zero-order chi connectivity index (χ0) is 23.5. The van der Waals surface area contributed by atoms with Crippen molar-refractivity contribution in [2.75, 3.05) is 13.1 Å². The van der Waals surface area contributed by atoms with Gasteiger partial charge in [-0.25, -0.2) is 4.98 Å². The van der Waals surface area contributed by atoms with E-state index in [1.165, 1.54) is 0 Å². The molecule has 4 N–H and O–H groups in total. The van der Waals surface area contributed by atoms with E-state index in [0.29, 0.717) is 31.2 Å². The lowest BCUT2D eigenvalue weighted by molar-refractivity contribution is -0.131. The van der Waals surface area contributed by atoms with Gasteiger partial charge in [-0.2, -0.15) is 0 Å². The molecule has 2 aromatic carbocycles. The highest BCUT2D eigenvalue weighted by molar-refractivity contribution is 7.80. The molecule has 8 heteroatoms. The van der Waals surface area contributed by atoms with Crippen LogP contribution in [0.2, 0.25) is 0 Å². The number of carbonyl (C=O) groups is 1. The smallest absolute Gasteiger partial charge is 0.231 e. The molecule has 1 atom stereocenters. The Balaban J connectivity index is 1.48. The van der Waals surface area contributed by atoms with E-state index in [1.54, 1.807) is 4.90 Å². The third-order valence-corrected chi connectivity index (χ3v) is 6.82. The minimum Gasteiger partial charge on any atom is -0.361 e. The van der Waals surface area contributed by atoms with Gasteiger partial charge in [-0.05, 0) is 48.8 Å². The molecule has 0 spiro atoms. The number of unbranched alkanes of at least 4 members (excludes halogenated alkanes) is 1. The van der Waals surface area contributed by atoms with Crippen LogP contribution in [0.4, 0.5) is 0 Å². The molecule has 0 radical (unpaired) electrons. The number of aromatic nitrogens is 3. The van der Waals surface area contributed by atoms with Crippen LogP contribution in [-0.4, -0.2) is 48.9 Å². The van der Waals surface area contributed by atoms with Crippen molar-refractivity contribution in [1.29, 1.82) is 0 Å². The second-order valence-corrected chi connectivity index (χ2v) is 8.94. The minimum atomic E-state index is -0.267. The number of nitrogens with zero attached hydrogens (tertiary/aromatic N) is 3. The number of H-pyrrole nitrogens is 2. The van der Waals surface area contributed by atoms with Gasteiger partial charge in [-0.15, -0.1) is 0 Å². The number of hydrogen-bond donors (Lipinski definition) is 3. The Kier molecular flexibility index (Phi) is 6.42. The Labute approximate surface area is 204 Å². The normalized spacial score (nSPS) is 16.6. The van der Waals surface area contributed by atoms with E-state index in [2.05, 4.69) is 32.0 Å². The molecule has 3 heterocycles. The summed E-state index contributed by atoms with van der Waals surface area (Å²) in [7, 11) is 0. The topological polar surface area (TPSA) is 94.0 Å². The number of fused-ring (bicyclic) bond motifs is 1. The fraction of sp³-hybridized carbons (Fsp3) is 0.269. The SMILES string of the molecule is NCCCCN1C(=O)CC(c2ncc(-c3ccccc3)[nH]2)N(Cc2c[nH]c3ccccc23)C1=S. The molecular weight excluding hydrogens is 444 g/mol. The molecule has 1 unspecified atom stereocenters. The van der Waals surface area contributed by atoms with Gasteiger partial charge in [0.1, 0.15) is 5.82 Å². The summed E-state index contributed by atoms with van der Waals surface area (Å²) in [4.78, 5) is 28.5. The van der Waals surface area contributed by atoms with E-state index in [-0.39, 0.29) is 11.9 Å². The van der Waals surface area contributed by atoms with Crippen molar-refractivity contribution in [2.24, 2.45) is 5.73 Å². The third-order valence-electron chi connectivity index (χ3n) is 6.37. The second-order valence-electron chi connectivity index (χ2n) is 8.58. The van der Waals surface area contributed by atoms with Crippen molar-refractivity contribution in [3.8, 4) is 11.3 Å². The zero-order valence-corrected chi connectivity index (χ0v) is 19.7. The fourth-order valence-corrected chi connectivity index (χ4v) is 4.94. The van der Waals surface area contributed by atoms with E-state index < -0.39 is 0 Å². The molecule has 0 bridgehead atoms. The second kappa shape index (κ2) is 9.79. The average Bonchev–Trinajstić information content (AvgIpc) is 3.51. The van der Waals surface area contributed by atoms with Crippen LogP contribution < -0.4 is 5.73 Å². The number of thiocarbonyl (C=S) groups is 1. The van der Waals surface area contributed by atoms with Gasteiger partial charge in [0.2, 0.25) is 5.91 Å². The van der Waals surface area contributed by atoms with Gasteiger partial charge >= 0.3 is 0 Å². The van der Waals surface area contributed by atoms with Crippen LogP contribution in [0.3, 0.4) is 0 Å². The van der Waals surface area contributed by atoms with Gasteiger partial charge in [0.15, 0.2) is 5.11 Å². The van der Waals surface area contributed by atoms with Crippen molar-refractivity contribution in [3.63, 3.8) is 0 Å². The lowest BCUT2D eigenvalue weighted by Gasteiger charge is -2.42. The Hall–Kier alpha value is -3.49. The number of imidazole rings is 1. The van der Waals surface area contributed by atoms with E-state index in [9.17, 15) is 4.79 Å². The van der Waals surface area contributed by atoms with E-state index in [0.717, 1.165) is 46.4 Å². The Morgan fingerprint density at radius 3 is 2.71 bits per heavy atom. The van der Waals surface area contributed by atoms with Crippen molar-refractivity contribution < 1.29 is 4.79 Å². The molecule has 174 valence electrons. The number of para-hydroxylation sites is 1. The molecule has 7 nitrogen and oxygen atoms in total. The molecule has 1 fully saturated rings. The highest BCUT2D eigenvalue weighted by atomic mass is 32.1. The Morgan fingerprint density at radius 1 is 1.09 bits per heavy atom. The predicted molar refractivity (Wildman–Crippen MR) is 138 cm³/mol. The summed E-state index contributed by atoms with van der Waals surface area (Å²) in [6.07, 6.45) is 5.85. The molecule has 1 aliphatic rings. The van der Waals surface area contributed by atoms with Crippen molar-refractivity contribution in [1.82, 2.24) is 24.8 Å². The molecule has 34 heavy (non-hydrogen) atoms. The first-order valence-electron chi connectivity index (χ1n) is 11.6. The number of nitrogens with two attached hydrogens (primary N) is 1. The molecule has 1 aliphatic heterocycles. The quantitative estimate of drug-likeness (QED) is 0.262. The van der Waals surface area contributed by atoms with Gasteiger partial charge in [0, 0.05) is 30.2 Å². The molecule has 4 aromatic rings. The van der Waals surface area contributed by atoms with Crippen LogP contribution in [0, 0.1) is 0 Å². The van der Waals surface area contributed by atoms with Crippen LogP contribution in [0.1, 0.15) is 36.7 Å². The van der Waals surface area contributed by atoms with E-state index in [4.69, 9.17) is 18.0 Å². The summed E-state index contributed by atoms with van der Waals surface area (Å²) in [6.45, 7) is 1.76. The van der Waals surface area contributed by atoms with Gasteiger partial charge in [0.25, 0.3) is 0 Å². The van der Waals surface area contributed by atoms with Crippen LogP contribution in [0.25, 0.3) is 22.2 Å². The van der Waals surface area contributed by atoms with Gasteiger partial charge in [-0.1, -0.05) is 48.5 Å². The molecule has 1 amide bonds. The summed E-state index contributed by atoms with van der Waals surface area (Å²) in [5, 5.41) is 1.70. The monoisotopic (exact) mass is 472 g/mol. The van der Waals surface area contributed by atoms with Crippen LogP contribution in [0.5, 0.6) is 0 Å². The highest BCUT2D eigenvalue weighted by Crippen LogP contribution is 2.33.